The lowest BCUT2D eigenvalue weighted by Crippen LogP contribution is -2.47. The Morgan fingerprint density at radius 1 is 1.17 bits per heavy atom. The van der Waals surface area contributed by atoms with Crippen LogP contribution >= 0.6 is 0 Å². The van der Waals surface area contributed by atoms with Gasteiger partial charge in [-0.25, -0.2) is 0 Å². The Morgan fingerprint density at radius 3 is 2.50 bits per heavy atom. The molecule has 1 saturated heterocycles. The smallest absolute Gasteiger partial charge is 0.241 e. The lowest BCUT2D eigenvalue weighted by atomic mass is 9.73. The van der Waals surface area contributed by atoms with Gasteiger partial charge in [-0.2, -0.15) is 0 Å². The predicted octanol–water partition coefficient (Wildman–Crippen LogP) is 3.34. The molecule has 5 heteroatoms. The van der Waals surface area contributed by atoms with Gasteiger partial charge in [0.15, 0.2) is 0 Å². The molecule has 0 radical (unpaired) electrons. The van der Waals surface area contributed by atoms with Gasteiger partial charge in [0.1, 0.15) is 0 Å². The van der Waals surface area contributed by atoms with Crippen LogP contribution in [0.2, 0.25) is 0 Å². The summed E-state index contributed by atoms with van der Waals surface area (Å²) in [6.07, 6.45) is 12.7. The van der Waals surface area contributed by atoms with Gasteiger partial charge in [0.05, 0.1) is 12.0 Å². The van der Waals surface area contributed by atoms with Crippen molar-refractivity contribution in [3.05, 3.63) is 35.4 Å². The number of rotatable bonds is 6. The first-order chi connectivity index (χ1) is 14.5. The van der Waals surface area contributed by atoms with Crippen LogP contribution in [0, 0.1) is 19.3 Å². The molecule has 3 fully saturated rings. The van der Waals surface area contributed by atoms with E-state index in [1.807, 2.05) is 31.2 Å². The summed E-state index contributed by atoms with van der Waals surface area (Å²) in [7, 11) is 0. The Hall–Kier alpha value is -2.61. The Kier molecular flexibility index (Phi) is 5.69. The summed E-state index contributed by atoms with van der Waals surface area (Å²) in [5.74, 6) is 2.17. The van der Waals surface area contributed by atoms with Crippen LogP contribution < -0.4 is 0 Å². The Morgan fingerprint density at radius 2 is 1.87 bits per heavy atom. The van der Waals surface area contributed by atoms with Crippen LogP contribution in [0.25, 0.3) is 0 Å². The fourth-order valence-electron chi connectivity index (χ4n) is 5.29. The Balaban J connectivity index is 1.69. The number of likely N-dealkylation sites (tertiary alicyclic amines) is 1. The first-order valence-corrected chi connectivity index (χ1v) is 11.1. The van der Waals surface area contributed by atoms with E-state index in [0.717, 1.165) is 49.7 Å². The standard InChI is InChI=1S/C25H30N2O3/c1-3-15-26(19-10-5-4-6-11-19)22(28)16-25(21-12-8-7-9-18(21)2)17-23(29)27(24(25)30)20-13-14-20/h1,7-9,12,19-20H,4-6,10-11,13-17H2,2H3/t25-/m1/s1. The lowest BCUT2D eigenvalue weighted by molar-refractivity contribution is -0.143. The molecule has 0 N–H and O–H groups in total. The van der Waals surface area contributed by atoms with Crippen LogP contribution in [0.15, 0.2) is 24.3 Å². The van der Waals surface area contributed by atoms with Crippen molar-refractivity contribution in [3.8, 4) is 12.3 Å². The summed E-state index contributed by atoms with van der Waals surface area (Å²) in [6, 6.07) is 7.78. The number of benzene rings is 1. The molecule has 1 aromatic rings. The third-order valence-electron chi connectivity index (χ3n) is 6.97. The van der Waals surface area contributed by atoms with Crippen LogP contribution in [-0.4, -0.2) is 46.1 Å². The van der Waals surface area contributed by atoms with Gasteiger partial charge in [-0.15, -0.1) is 6.42 Å². The third-order valence-corrected chi connectivity index (χ3v) is 6.97. The van der Waals surface area contributed by atoms with Gasteiger partial charge in [-0.1, -0.05) is 49.4 Å². The van der Waals surface area contributed by atoms with E-state index in [1.54, 1.807) is 4.90 Å². The maximum Gasteiger partial charge on any atom is 0.241 e. The maximum absolute atomic E-state index is 13.7. The lowest BCUT2D eigenvalue weighted by Gasteiger charge is -2.36. The number of nitrogens with zero attached hydrogens (tertiary/aromatic N) is 2. The topological polar surface area (TPSA) is 57.7 Å². The zero-order valence-electron chi connectivity index (χ0n) is 17.7. The van der Waals surface area contributed by atoms with Crippen LogP contribution in [0.3, 0.4) is 0 Å². The molecule has 1 aromatic carbocycles. The van der Waals surface area contributed by atoms with E-state index in [1.165, 1.54) is 11.3 Å². The van der Waals surface area contributed by atoms with E-state index in [2.05, 4.69) is 5.92 Å². The summed E-state index contributed by atoms with van der Waals surface area (Å²) < 4.78 is 0. The van der Waals surface area contributed by atoms with E-state index >= 15 is 0 Å². The summed E-state index contributed by atoms with van der Waals surface area (Å²) in [5.41, 5.74) is 0.610. The molecule has 0 unspecified atom stereocenters. The Labute approximate surface area is 178 Å². The highest BCUT2D eigenvalue weighted by molar-refractivity contribution is 6.11. The second kappa shape index (κ2) is 8.26. The van der Waals surface area contributed by atoms with Crippen LogP contribution in [0.5, 0.6) is 0 Å². The van der Waals surface area contributed by atoms with Crippen LogP contribution in [-0.2, 0) is 19.8 Å². The Bertz CT molecular complexity index is 892. The van der Waals surface area contributed by atoms with Gasteiger partial charge in [-0.05, 0) is 43.7 Å². The van der Waals surface area contributed by atoms with E-state index in [0.29, 0.717) is 0 Å². The number of amides is 3. The van der Waals surface area contributed by atoms with Gasteiger partial charge in [0.2, 0.25) is 17.7 Å². The summed E-state index contributed by atoms with van der Waals surface area (Å²) in [6.45, 7) is 2.20. The number of carbonyl (C=O) groups excluding carboxylic acids is 3. The molecule has 1 aliphatic heterocycles. The maximum atomic E-state index is 13.7. The number of aryl methyl sites for hydroxylation is 1. The zero-order chi connectivity index (χ0) is 21.3. The molecular weight excluding hydrogens is 376 g/mol. The molecule has 158 valence electrons. The number of imide groups is 1. The van der Waals surface area contributed by atoms with Gasteiger partial charge in [0.25, 0.3) is 0 Å². The molecule has 5 nitrogen and oxygen atoms in total. The molecule has 0 bridgehead atoms. The zero-order valence-corrected chi connectivity index (χ0v) is 17.7. The monoisotopic (exact) mass is 406 g/mol. The first-order valence-electron chi connectivity index (χ1n) is 11.1. The average Bonchev–Trinajstić information content (AvgIpc) is 3.53. The van der Waals surface area contributed by atoms with Gasteiger partial charge in [0, 0.05) is 24.9 Å². The normalized spacial score (nSPS) is 24.7. The van der Waals surface area contributed by atoms with Gasteiger partial charge < -0.3 is 4.90 Å². The molecule has 1 heterocycles. The van der Waals surface area contributed by atoms with Crippen LogP contribution in [0.4, 0.5) is 0 Å². The molecule has 30 heavy (non-hydrogen) atoms. The number of hydrogen-bond donors (Lipinski definition) is 0. The average molecular weight is 407 g/mol. The fourth-order valence-corrected chi connectivity index (χ4v) is 5.29. The molecule has 3 aliphatic rings. The second-order valence-corrected chi connectivity index (χ2v) is 9.07. The van der Waals surface area contributed by atoms with E-state index in [-0.39, 0.29) is 49.2 Å². The minimum atomic E-state index is -1.12. The van der Waals surface area contributed by atoms with E-state index in [9.17, 15) is 14.4 Å². The molecule has 4 rings (SSSR count). The minimum absolute atomic E-state index is 0.00380. The molecule has 0 spiro atoms. The summed E-state index contributed by atoms with van der Waals surface area (Å²) in [5, 5.41) is 0. The van der Waals surface area contributed by atoms with Gasteiger partial charge >= 0.3 is 0 Å². The van der Waals surface area contributed by atoms with Gasteiger partial charge in [-0.3, -0.25) is 19.3 Å². The van der Waals surface area contributed by atoms with Crippen molar-refractivity contribution in [1.82, 2.24) is 9.80 Å². The van der Waals surface area contributed by atoms with Crippen molar-refractivity contribution in [2.75, 3.05) is 6.54 Å². The molecule has 3 amide bonds. The highest BCUT2D eigenvalue weighted by Crippen LogP contribution is 2.45. The predicted molar refractivity (Wildman–Crippen MR) is 114 cm³/mol. The highest BCUT2D eigenvalue weighted by Gasteiger charge is 2.57. The minimum Gasteiger partial charge on any atom is -0.329 e. The number of hydrogen-bond acceptors (Lipinski definition) is 3. The largest absolute Gasteiger partial charge is 0.329 e. The number of carbonyl (C=O) groups is 3. The molecule has 1 atom stereocenters. The van der Waals surface area contributed by atoms with E-state index < -0.39 is 5.41 Å². The van der Waals surface area contributed by atoms with Crippen molar-refractivity contribution >= 4 is 17.7 Å². The summed E-state index contributed by atoms with van der Waals surface area (Å²) >= 11 is 0. The summed E-state index contributed by atoms with van der Waals surface area (Å²) in [4.78, 5) is 43.3. The molecule has 2 saturated carbocycles. The molecular formula is C25H30N2O3. The third kappa shape index (κ3) is 3.64. The van der Waals surface area contributed by atoms with Crippen molar-refractivity contribution in [3.63, 3.8) is 0 Å². The van der Waals surface area contributed by atoms with Crippen molar-refractivity contribution < 1.29 is 14.4 Å². The van der Waals surface area contributed by atoms with E-state index in [4.69, 9.17) is 6.42 Å². The van der Waals surface area contributed by atoms with Crippen molar-refractivity contribution in [1.29, 1.82) is 0 Å². The second-order valence-electron chi connectivity index (χ2n) is 9.07. The first kappa shape index (κ1) is 20.7. The fraction of sp³-hybridized carbons (Fsp3) is 0.560. The highest BCUT2D eigenvalue weighted by atomic mass is 16.2. The van der Waals surface area contributed by atoms with Crippen molar-refractivity contribution in [2.45, 2.75) is 82.2 Å². The number of terminal acetylenes is 1. The van der Waals surface area contributed by atoms with Crippen LogP contribution in [0.1, 0.15) is 68.9 Å². The SMILES string of the molecule is C#CCN(C(=O)C[C@]1(c2ccccc2C)CC(=O)N(C2CC2)C1=O)C1CCCCC1. The van der Waals surface area contributed by atoms with Crippen molar-refractivity contribution in [2.24, 2.45) is 0 Å². The quantitative estimate of drug-likeness (QED) is 0.538. The molecule has 2 aliphatic carbocycles. The molecule has 0 aromatic heterocycles.